The number of hydrogen-bond donors (Lipinski definition) is 2. The van der Waals surface area contributed by atoms with Crippen molar-refractivity contribution in [3.8, 4) is 22.9 Å². The van der Waals surface area contributed by atoms with Gasteiger partial charge in [0.25, 0.3) is 5.91 Å². The Bertz CT molecular complexity index is 1060. The maximum atomic E-state index is 12.8. The largest absolute Gasteiger partial charge is 0.493 e. The topological polar surface area (TPSA) is 94.8 Å². The van der Waals surface area contributed by atoms with Crippen LogP contribution in [0.15, 0.2) is 48.5 Å². The fraction of sp³-hybridized carbons (Fsp3) is 0.333. The van der Waals surface area contributed by atoms with Gasteiger partial charge in [-0.05, 0) is 43.5 Å². The minimum absolute atomic E-state index is 0.0310. The zero-order valence-electron chi connectivity index (χ0n) is 18.2. The van der Waals surface area contributed by atoms with Gasteiger partial charge in [-0.3, -0.25) is 4.79 Å². The summed E-state index contributed by atoms with van der Waals surface area (Å²) in [6, 6.07) is 15.1. The van der Waals surface area contributed by atoms with Crippen LogP contribution < -0.4 is 19.5 Å². The number of methoxy groups -OCH3 is 2. The van der Waals surface area contributed by atoms with E-state index in [0.717, 1.165) is 36.2 Å². The first kappa shape index (κ1) is 21.7. The lowest BCUT2D eigenvalue weighted by molar-refractivity contribution is 0.0829. The highest BCUT2D eigenvalue weighted by Crippen LogP contribution is 2.36. The average molecular weight is 437 g/mol. The van der Waals surface area contributed by atoms with E-state index in [1.807, 2.05) is 35.0 Å². The lowest BCUT2D eigenvalue weighted by Gasteiger charge is -2.17. The first-order valence-electron chi connectivity index (χ1n) is 10.6. The Kier molecular flexibility index (Phi) is 6.61. The predicted octanol–water partition coefficient (Wildman–Crippen LogP) is 2.55. The lowest BCUT2D eigenvalue weighted by Crippen LogP contribution is -2.36. The van der Waals surface area contributed by atoms with Gasteiger partial charge in [0.15, 0.2) is 17.2 Å². The maximum absolute atomic E-state index is 12.8. The number of fused-ring (bicyclic) bond motifs is 1. The number of nitrogens with zero attached hydrogens (tertiary/aromatic N) is 2. The number of ether oxygens (including phenoxy) is 3. The number of nitrogens with one attached hydrogen (secondary N) is 1. The second kappa shape index (κ2) is 9.74. The summed E-state index contributed by atoms with van der Waals surface area (Å²) in [5, 5.41) is 17.7. The highest BCUT2D eigenvalue weighted by Gasteiger charge is 2.27. The van der Waals surface area contributed by atoms with Crippen molar-refractivity contribution in [3.05, 3.63) is 65.5 Å². The fourth-order valence-corrected chi connectivity index (χ4v) is 3.89. The second-order valence-electron chi connectivity index (χ2n) is 7.54. The molecular formula is C24H27N3O5. The minimum Gasteiger partial charge on any atom is -0.493 e. The van der Waals surface area contributed by atoms with Gasteiger partial charge >= 0.3 is 0 Å². The van der Waals surface area contributed by atoms with Crippen LogP contribution in [0, 0.1) is 0 Å². The van der Waals surface area contributed by atoms with Crippen molar-refractivity contribution in [3.63, 3.8) is 0 Å². The Morgan fingerprint density at radius 1 is 1.09 bits per heavy atom. The molecule has 168 valence electrons. The van der Waals surface area contributed by atoms with Gasteiger partial charge in [0, 0.05) is 17.8 Å². The minimum atomic E-state index is -0.919. The summed E-state index contributed by atoms with van der Waals surface area (Å²) in [7, 11) is 3.07. The predicted molar refractivity (Wildman–Crippen MR) is 119 cm³/mol. The molecule has 0 bridgehead atoms. The van der Waals surface area contributed by atoms with Gasteiger partial charge in [-0.2, -0.15) is 5.10 Å². The quantitative estimate of drug-likeness (QED) is 0.534. The molecule has 0 saturated carbocycles. The number of benzene rings is 2. The molecule has 1 aromatic heterocycles. The third-order valence-electron chi connectivity index (χ3n) is 5.45. The molecule has 1 atom stereocenters. The number of aliphatic hydroxyl groups excluding tert-OH is 1. The van der Waals surface area contributed by atoms with Crippen LogP contribution in [0.5, 0.6) is 17.2 Å². The smallest absolute Gasteiger partial charge is 0.272 e. The summed E-state index contributed by atoms with van der Waals surface area (Å²) in [5.74, 6) is 1.11. The Balaban J connectivity index is 1.40. The molecule has 1 aliphatic carbocycles. The van der Waals surface area contributed by atoms with E-state index >= 15 is 0 Å². The Morgan fingerprint density at radius 2 is 1.81 bits per heavy atom. The molecule has 8 heteroatoms. The monoisotopic (exact) mass is 437 g/mol. The van der Waals surface area contributed by atoms with Crippen molar-refractivity contribution < 1.29 is 24.1 Å². The molecule has 1 amide bonds. The van der Waals surface area contributed by atoms with Crippen molar-refractivity contribution in [2.45, 2.75) is 25.4 Å². The fourth-order valence-electron chi connectivity index (χ4n) is 3.89. The highest BCUT2D eigenvalue weighted by molar-refractivity contribution is 5.94. The number of carbonyl (C=O) groups excluding carboxylic acids is 1. The Morgan fingerprint density at radius 3 is 2.50 bits per heavy atom. The summed E-state index contributed by atoms with van der Waals surface area (Å²) in [6.07, 6.45) is 1.79. The summed E-state index contributed by atoms with van der Waals surface area (Å²) >= 11 is 0. The molecule has 0 aliphatic heterocycles. The number of para-hydroxylation sites is 2. The van der Waals surface area contributed by atoms with Crippen molar-refractivity contribution >= 4 is 5.91 Å². The van der Waals surface area contributed by atoms with Gasteiger partial charge in [0.1, 0.15) is 12.7 Å². The summed E-state index contributed by atoms with van der Waals surface area (Å²) in [5.41, 5.74) is 3.41. The third-order valence-corrected chi connectivity index (χ3v) is 5.45. The van der Waals surface area contributed by atoms with Gasteiger partial charge in [-0.25, -0.2) is 4.68 Å². The van der Waals surface area contributed by atoms with E-state index in [0.29, 0.717) is 22.9 Å². The van der Waals surface area contributed by atoms with Gasteiger partial charge in [0.2, 0.25) is 5.75 Å². The van der Waals surface area contributed by atoms with E-state index in [-0.39, 0.29) is 19.1 Å². The van der Waals surface area contributed by atoms with Crippen molar-refractivity contribution in [2.75, 3.05) is 27.4 Å². The molecule has 2 aromatic carbocycles. The average Bonchev–Trinajstić information content (AvgIpc) is 3.44. The van der Waals surface area contributed by atoms with E-state index in [9.17, 15) is 9.90 Å². The zero-order chi connectivity index (χ0) is 22.5. The van der Waals surface area contributed by atoms with Crippen molar-refractivity contribution in [2.24, 2.45) is 0 Å². The molecule has 0 saturated heterocycles. The summed E-state index contributed by atoms with van der Waals surface area (Å²) in [4.78, 5) is 12.8. The maximum Gasteiger partial charge on any atom is 0.272 e. The third kappa shape index (κ3) is 4.40. The van der Waals surface area contributed by atoms with E-state index < -0.39 is 6.10 Å². The van der Waals surface area contributed by atoms with Crippen LogP contribution in [0.25, 0.3) is 5.69 Å². The van der Waals surface area contributed by atoms with Crippen LogP contribution >= 0.6 is 0 Å². The van der Waals surface area contributed by atoms with E-state index in [1.165, 1.54) is 14.2 Å². The molecule has 0 fully saturated rings. The normalized spacial score (nSPS) is 13.3. The number of carbonyl (C=O) groups is 1. The number of amides is 1. The Hall–Kier alpha value is -3.52. The number of aliphatic hydroxyl groups is 1. The standard InChI is InChI=1S/C24H27N3O5/c1-30-20-12-7-13-21(31-2)23(20)32-15-17(28)14-25-24(29)22-18-10-6-11-19(18)27(26-22)16-8-4-3-5-9-16/h3-5,7-9,12-13,17,28H,6,10-11,14-15H2,1-2H3,(H,25,29). The van der Waals surface area contributed by atoms with Crippen molar-refractivity contribution in [1.82, 2.24) is 15.1 Å². The van der Waals surface area contributed by atoms with Crippen LogP contribution in [-0.4, -0.2) is 54.3 Å². The van der Waals surface area contributed by atoms with Gasteiger partial charge < -0.3 is 24.6 Å². The molecule has 8 nitrogen and oxygen atoms in total. The molecule has 2 N–H and O–H groups in total. The zero-order valence-corrected chi connectivity index (χ0v) is 18.2. The van der Waals surface area contributed by atoms with E-state index in [2.05, 4.69) is 10.4 Å². The molecule has 0 radical (unpaired) electrons. The number of hydrogen-bond acceptors (Lipinski definition) is 6. The van der Waals surface area contributed by atoms with Crippen LogP contribution in [0.4, 0.5) is 0 Å². The van der Waals surface area contributed by atoms with Gasteiger partial charge in [0.05, 0.1) is 19.9 Å². The number of rotatable bonds is 9. The lowest BCUT2D eigenvalue weighted by atomic mass is 10.2. The molecule has 1 heterocycles. The summed E-state index contributed by atoms with van der Waals surface area (Å²) in [6.45, 7) is -0.00313. The van der Waals surface area contributed by atoms with E-state index in [1.54, 1.807) is 18.2 Å². The SMILES string of the molecule is COc1cccc(OC)c1OCC(O)CNC(=O)c1nn(-c2ccccc2)c2c1CCC2. The Labute approximate surface area is 186 Å². The molecule has 1 aliphatic rings. The molecule has 0 spiro atoms. The first-order chi connectivity index (χ1) is 15.6. The molecule has 32 heavy (non-hydrogen) atoms. The van der Waals surface area contributed by atoms with Crippen LogP contribution in [0.1, 0.15) is 28.2 Å². The highest BCUT2D eigenvalue weighted by atomic mass is 16.5. The van der Waals surface area contributed by atoms with Crippen LogP contribution in [-0.2, 0) is 12.8 Å². The molecule has 3 aromatic rings. The van der Waals surface area contributed by atoms with Crippen LogP contribution in [0.2, 0.25) is 0 Å². The molecular weight excluding hydrogens is 410 g/mol. The van der Waals surface area contributed by atoms with Crippen molar-refractivity contribution in [1.29, 1.82) is 0 Å². The van der Waals surface area contributed by atoms with Gasteiger partial charge in [-0.1, -0.05) is 24.3 Å². The molecule has 4 rings (SSSR count). The number of aromatic nitrogens is 2. The second-order valence-corrected chi connectivity index (χ2v) is 7.54. The molecule has 1 unspecified atom stereocenters. The van der Waals surface area contributed by atoms with Gasteiger partial charge in [-0.15, -0.1) is 0 Å². The summed E-state index contributed by atoms with van der Waals surface area (Å²) < 4.78 is 18.1. The van der Waals surface area contributed by atoms with Crippen LogP contribution in [0.3, 0.4) is 0 Å². The first-order valence-corrected chi connectivity index (χ1v) is 10.6. The van der Waals surface area contributed by atoms with E-state index in [4.69, 9.17) is 14.2 Å².